The van der Waals surface area contributed by atoms with Crippen molar-refractivity contribution in [1.82, 2.24) is 14.1 Å². The zero-order chi connectivity index (χ0) is 26.5. The summed E-state index contributed by atoms with van der Waals surface area (Å²) >= 11 is 0. The summed E-state index contributed by atoms with van der Waals surface area (Å²) in [6.07, 6.45) is 2.93. The molecule has 2 aromatic carbocycles. The molecule has 196 valence electrons. The van der Waals surface area contributed by atoms with Gasteiger partial charge in [0.05, 0.1) is 29.8 Å². The van der Waals surface area contributed by atoms with Gasteiger partial charge in [0.15, 0.2) is 0 Å². The average Bonchev–Trinajstić information content (AvgIpc) is 3.29. The monoisotopic (exact) mass is 525 g/mol. The third-order valence-electron chi connectivity index (χ3n) is 7.77. The first-order valence-corrected chi connectivity index (χ1v) is 14.0. The lowest BCUT2D eigenvalue weighted by Gasteiger charge is -2.43. The quantitative estimate of drug-likeness (QED) is 0.470. The molecular formula is C28H32FN3O4S. The summed E-state index contributed by atoms with van der Waals surface area (Å²) in [7, 11) is -2.37. The lowest BCUT2D eigenvalue weighted by molar-refractivity contribution is -0.145. The fourth-order valence-electron chi connectivity index (χ4n) is 5.69. The summed E-state index contributed by atoms with van der Waals surface area (Å²) in [4.78, 5) is 13.3. The van der Waals surface area contributed by atoms with Crippen molar-refractivity contribution in [3.05, 3.63) is 77.4 Å². The average molecular weight is 526 g/mol. The SMILES string of the molecule is COC(=O)[C@@H]1c2cnn(-c3ccc(F)cc3)c2C[C@@H]2CCN(S(=O)(=O)c3ccc(C(C)(C)C)cc3)C[C@H]21. The number of ether oxygens (including phenoxy) is 1. The van der Waals surface area contributed by atoms with E-state index in [2.05, 4.69) is 25.9 Å². The van der Waals surface area contributed by atoms with Crippen LogP contribution in [0.1, 0.15) is 49.9 Å². The number of carbonyl (C=O) groups is 1. The Kier molecular flexibility index (Phi) is 6.48. The summed E-state index contributed by atoms with van der Waals surface area (Å²) in [5.41, 5.74) is 3.33. The molecule has 1 aliphatic heterocycles. The Hall–Kier alpha value is -3.04. The minimum atomic E-state index is -3.73. The van der Waals surface area contributed by atoms with Crippen LogP contribution < -0.4 is 0 Å². The molecule has 2 heterocycles. The van der Waals surface area contributed by atoms with Crippen molar-refractivity contribution in [3.63, 3.8) is 0 Å². The van der Waals surface area contributed by atoms with Gasteiger partial charge in [-0.1, -0.05) is 32.9 Å². The number of esters is 1. The maximum absolute atomic E-state index is 13.6. The minimum Gasteiger partial charge on any atom is -0.469 e. The molecule has 1 aliphatic carbocycles. The highest BCUT2D eigenvalue weighted by Gasteiger charge is 2.47. The molecule has 0 N–H and O–H groups in total. The molecule has 0 radical (unpaired) electrons. The summed E-state index contributed by atoms with van der Waals surface area (Å²) in [5, 5.41) is 4.52. The predicted octanol–water partition coefficient (Wildman–Crippen LogP) is 4.45. The number of aromatic nitrogens is 2. The second kappa shape index (κ2) is 9.36. The van der Waals surface area contributed by atoms with Crippen LogP contribution in [0.5, 0.6) is 0 Å². The van der Waals surface area contributed by atoms with E-state index in [4.69, 9.17) is 4.74 Å². The van der Waals surface area contributed by atoms with Crippen LogP contribution in [0.2, 0.25) is 0 Å². The number of piperidine rings is 1. The molecule has 1 saturated heterocycles. The normalized spacial score (nSPS) is 22.2. The number of hydrogen-bond donors (Lipinski definition) is 0. The first kappa shape index (κ1) is 25.6. The standard InChI is InChI=1S/C28H32FN3O4S/c1-28(2,3)19-5-11-22(12-6-19)37(34,35)31-14-13-18-15-25-23(26(24(18)17-31)27(33)36-4)16-30-32(25)21-9-7-20(29)8-10-21/h5-12,16,18,24,26H,13-15,17H2,1-4H3/t18-,24+,26+/m0/s1. The molecule has 7 nitrogen and oxygen atoms in total. The van der Waals surface area contributed by atoms with Crippen molar-refractivity contribution in [2.75, 3.05) is 20.2 Å². The Labute approximate surface area is 217 Å². The van der Waals surface area contributed by atoms with Crippen LogP contribution in [0.25, 0.3) is 5.69 Å². The van der Waals surface area contributed by atoms with Crippen molar-refractivity contribution in [3.8, 4) is 5.69 Å². The van der Waals surface area contributed by atoms with E-state index in [0.717, 1.165) is 16.8 Å². The van der Waals surface area contributed by atoms with Crippen molar-refractivity contribution in [2.45, 2.75) is 49.8 Å². The molecule has 37 heavy (non-hydrogen) atoms. The van der Waals surface area contributed by atoms with Gasteiger partial charge < -0.3 is 4.74 Å². The fraction of sp³-hybridized carbons (Fsp3) is 0.429. The topological polar surface area (TPSA) is 81.5 Å². The van der Waals surface area contributed by atoms with E-state index < -0.39 is 21.9 Å². The number of nitrogens with zero attached hydrogens (tertiary/aromatic N) is 3. The molecule has 5 rings (SSSR count). The van der Waals surface area contributed by atoms with Crippen LogP contribution in [-0.4, -0.2) is 48.7 Å². The lowest BCUT2D eigenvalue weighted by atomic mass is 9.68. The number of hydrogen-bond acceptors (Lipinski definition) is 5. The Morgan fingerprint density at radius 1 is 1.08 bits per heavy atom. The third-order valence-corrected chi connectivity index (χ3v) is 9.65. The maximum atomic E-state index is 13.6. The Morgan fingerprint density at radius 3 is 2.38 bits per heavy atom. The number of benzene rings is 2. The highest BCUT2D eigenvalue weighted by atomic mass is 32.2. The van der Waals surface area contributed by atoms with Gasteiger partial charge in [0.2, 0.25) is 10.0 Å². The molecule has 0 unspecified atom stereocenters. The van der Waals surface area contributed by atoms with E-state index in [1.165, 1.54) is 23.5 Å². The van der Waals surface area contributed by atoms with Crippen molar-refractivity contribution in [2.24, 2.45) is 11.8 Å². The summed E-state index contributed by atoms with van der Waals surface area (Å²) in [6.45, 7) is 6.87. The Balaban J connectivity index is 1.46. The van der Waals surface area contributed by atoms with E-state index in [9.17, 15) is 17.6 Å². The molecule has 2 aliphatic rings. The first-order valence-electron chi connectivity index (χ1n) is 12.5. The van der Waals surface area contributed by atoms with E-state index >= 15 is 0 Å². The molecule has 0 saturated carbocycles. The maximum Gasteiger partial charge on any atom is 0.313 e. The van der Waals surface area contributed by atoms with Gasteiger partial charge in [0.1, 0.15) is 5.82 Å². The Morgan fingerprint density at radius 2 is 1.76 bits per heavy atom. The van der Waals surface area contributed by atoms with Crippen LogP contribution in [0.15, 0.2) is 59.6 Å². The summed E-state index contributed by atoms with van der Waals surface area (Å²) in [5.74, 6) is -1.51. The molecular weight excluding hydrogens is 493 g/mol. The number of sulfonamides is 1. The molecule has 3 aromatic rings. The fourth-order valence-corrected chi connectivity index (χ4v) is 7.18. The van der Waals surface area contributed by atoms with Crippen LogP contribution >= 0.6 is 0 Å². The largest absolute Gasteiger partial charge is 0.469 e. The van der Waals surface area contributed by atoms with Gasteiger partial charge in [-0.2, -0.15) is 9.40 Å². The second-order valence-electron chi connectivity index (χ2n) is 11.0. The molecule has 9 heteroatoms. The number of carbonyl (C=O) groups excluding carboxylic acids is 1. The van der Waals surface area contributed by atoms with Gasteiger partial charge in [-0.15, -0.1) is 0 Å². The zero-order valence-corrected chi connectivity index (χ0v) is 22.3. The van der Waals surface area contributed by atoms with Crippen molar-refractivity contribution >= 4 is 16.0 Å². The van der Waals surface area contributed by atoms with Gasteiger partial charge >= 0.3 is 5.97 Å². The molecule has 1 aromatic heterocycles. The zero-order valence-electron chi connectivity index (χ0n) is 21.5. The Bertz CT molecular complexity index is 1410. The van der Waals surface area contributed by atoms with Gasteiger partial charge in [-0.25, -0.2) is 17.5 Å². The third kappa shape index (κ3) is 4.59. The molecule has 3 atom stereocenters. The summed E-state index contributed by atoms with van der Waals surface area (Å²) < 4.78 is 49.1. The van der Waals surface area contributed by atoms with Crippen LogP contribution in [-0.2, 0) is 31.4 Å². The lowest BCUT2D eigenvalue weighted by Crippen LogP contribution is -2.49. The van der Waals surface area contributed by atoms with E-state index in [0.29, 0.717) is 25.1 Å². The highest BCUT2D eigenvalue weighted by molar-refractivity contribution is 7.89. The predicted molar refractivity (Wildman–Crippen MR) is 137 cm³/mol. The van der Waals surface area contributed by atoms with Gasteiger partial charge in [-0.05, 0) is 72.1 Å². The number of rotatable bonds is 4. The van der Waals surface area contributed by atoms with Crippen molar-refractivity contribution in [1.29, 1.82) is 0 Å². The van der Waals surface area contributed by atoms with E-state index in [-0.39, 0.29) is 34.5 Å². The summed E-state index contributed by atoms with van der Waals surface area (Å²) in [6, 6.07) is 13.1. The van der Waals surface area contributed by atoms with E-state index in [1.54, 1.807) is 35.1 Å². The van der Waals surface area contributed by atoms with Gasteiger partial charge in [-0.3, -0.25) is 4.79 Å². The number of halogens is 1. The number of methoxy groups -OCH3 is 1. The highest BCUT2D eigenvalue weighted by Crippen LogP contribution is 2.45. The molecule has 0 bridgehead atoms. The molecule has 0 amide bonds. The van der Waals surface area contributed by atoms with E-state index in [1.807, 2.05) is 12.1 Å². The van der Waals surface area contributed by atoms with Gasteiger partial charge in [0, 0.05) is 24.3 Å². The minimum absolute atomic E-state index is 0.0769. The molecule has 1 fully saturated rings. The molecule has 0 spiro atoms. The van der Waals surface area contributed by atoms with Gasteiger partial charge in [0.25, 0.3) is 0 Å². The number of fused-ring (bicyclic) bond motifs is 2. The van der Waals surface area contributed by atoms with Crippen LogP contribution in [0.4, 0.5) is 4.39 Å². The first-order chi connectivity index (χ1) is 17.5. The van der Waals surface area contributed by atoms with Crippen molar-refractivity contribution < 1.29 is 22.3 Å². The smallest absolute Gasteiger partial charge is 0.313 e. The van der Waals surface area contributed by atoms with Crippen LogP contribution in [0.3, 0.4) is 0 Å². The van der Waals surface area contributed by atoms with Crippen LogP contribution in [0, 0.1) is 17.7 Å². The second-order valence-corrected chi connectivity index (χ2v) is 12.9.